The van der Waals surface area contributed by atoms with Crippen molar-refractivity contribution in [1.29, 1.82) is 0 Å². The van der Waals surface area contributed by atoms with E-state index in [1.54, 1.807) is 6.07 Å². The van der Waals surface area contributed by atoms with E-state index in [4.69, 9.17) is 4.42 Å². The van der Waals surface area contributed by atoms with Crippen molar-refractivity contribution in [3.8, 4) is 0 Å². The molecular formula is C11H14O3. The van der Waals surface area contributed by atoms with Crippen LogP contribution in [0.4, 0.5) is 0 Å². The van der Waals surface area contributed by atoms with Crippen LogP contribution in [0, 0.1) is 0 Å². The maximum absolute atomic E-state index is 10.9. The summed E-state index contributed by atoms with van der Waals surface area (Å²) in [6.07, 6.45) is 3.74. The highest BCUT2D eigenvalue weighted by Gasteiger charge is 2.06. The molecule has 1 rings (SSSR count). The van der Waals surface area contributed by atoms with Crippen molar-refractivity contribution in [3.05, 3.63) is 36.3 Å². The summed E-state index contributed by atoms with van der Waals surface area (Å²) in [7, 11) is 1.36. The fraction of sp³-hybridized carbons (Fsp3) is 0.364. The third kappa shape index (κ3) is 3.09. The lowest BCUT2D eigenvalue weighted by Gasteiger charge is -1.95. The maximum Gasteiger partial charge on any atom is 0.313 e. The van der Waals surface area contributed by atoms with Crippen molar-refractivity contribution in [2.24, 2.45) is 0 Å². The van der Waals surface area contributed by atoms with E-state index in [1.165, 1.54) is 7.11 Å². The Kier molecular flexibility index (Phi) is 3.98. The fourth-order valence-electron chi connectivity index (χ4n) is 1.11. The zero-order chi connectivity index (χ0) is 10.4. The first-order valence-electron chi connectivity index (χ1n) is 4.51. The zero-order valence-electron chi connectivity index (χ0n) is 8.29. The molecule has 0 spiro atoms. The van der Waals surface area contributed by atoms with E-state index in [0.29, 0.717) is 5.76 Å². The van der Waals surface area contributed by atoms with Crippen molar-refractivity contribution in [2.75, 3.05) is 7.11 Å². The molecule has 0 unspecified atom stereocenters. The highest BCUT2D eigenvalue weighted by atomic mass is 16.5. The molecule has 0 aromatic carbocycles. The Morgan fingerprint density at radius 3 is 2.93 bits per heavy atom. The molecule has 0 atom stereocenters. The molecule has 0 saturated carbocycles. The third-order valence-corrected chi connectivity index (χ3v) is 1.86. The summed E-state index contributed by atoms with van der Waals surface area (Å²) in [6.45, 7) is 3.63. The number of furan rings is 1. The second-order valence-electron chi connectivity index (χ2n) is 2.95. The first-order chi connectivity index (χ1) is 6.76. The minimum atomic E-state index is -0.283. The van der Waals surface area contributed by atoms with Crippen LogP contribution in [0.15, 0.2) is 29.2 Å². The highest BCUT2D eigenvalue weighted by Crippen LogP contribution is 2.11. The summed E-state index contributed by atoms with van der Waals surface area (Å²) < 4.78 is 9.94. The standard InChI is InChI=1S/C11H14O3/c1-3-4-5-9-6-7-10(14-9)8-11(12)13-2/h3,6-7H,1,4-5,8H2,2H3. The van der Waals surface area contributed by atoms with Crippen LogP contribution >= 0.6 is 0 Å². The monoisotopic (exact) mass is 194 g/mol. The molecule has 0 saturated heterocycles. The molecule has 0 aliphatic heterocycles. The average Bonchev–Trinajstić information content (AvgIpc) is 2.62. The van der Waals surface area contributed by atoms with Crippen LogP contribution in [0.3, 0.4) is 0 Å². The van der Waals surface area contributed by atoms with Gasteiger partial charge in [-0.25, -0.2) is 0 Å². The van der Waals surface area contributed by atoms with E-state index < -0.39 is 0 Å². The summed E-state index contributed by atoms with van der Waals surface area (Å²) >= 11 is 0. The van der Waals surface area contributed by atoms with Gasteiger partial charge in [-0.1, -0.05) is 6.08 Å². The van der Waals surface area contributed by atoms with Gasteiger partial charge in [0.05, 0.1) is 7.11 Å². The van der Waals surface area contributed by atoms with Crippen LogP contribution < -0.4 is 0 Å². The fourth-order valence-corrected chi connectivity index (χ4v) is 1.11. The number of carbonyl (C=O) groups is 1. The smallest absolute Gasteiger partial charge is 0.313 e. The lowest BCUT2D eigenvalue weighted by Crippen LogP contribution is -2.03. The Bertz CT molecular complexity index is 312. The number of ether oxygens (including phenoxy) is 1. The van der Waals surface area contributed by atoms with Gasteiger partial charge in [0, 0.05) is 6.42 Å². The molecule has 3 nitrogen and oxygen atoms in total. The largest absolute Gasteiger partial charge is 0.469 e. The van der Waals surface area contributed by atoms with Gasteiger partial charge in [-0.15, -0.1) is 6.58 Å². The van der Waals surface area contributed by atoms with Gasteiger partial charge >= 0.3 is 5.97 Å². The van der Waals surface area contributed by atoms with Gasteiger partial charge < -0.3 is 9.15 Å². The summed E-state index contributed by atoms with van der Waals surface area (Å²) in [5.74, 6) is 1.24. The zero-order valence-corrected chi connectivity index (χ0v) is 8.29. The van der Waals surface area contributed by atoms with Crippen molar-refractivity contribution in [3.63, 3.8) is 0 Å². The van der Waals surface area contributed by atoms with Crippen molar-refractivity contribution >= 4 is 5.97 Å². The van der Waals surface area contributed by atoms with Gasteiger partial charge in [0.2, 0.25) is 0 Å². The van der Waals surface area contributed by atoms with E-state index >= 15 is 0 Å². The number of hydrogen-bond acceptors (Lipinski definition) is 3. The molecule has 0 bridgehead atoms. The Labute approximate surface area is 83.4 Å². The molecule has 1 aromatic heterocycles. The Hall–Kier alpha value is -1.51. The number of methoxy groups -OCH3 is 1. The summed E-state index contributed by atoms with van der Waals surface area (Å²) in [5, 5.41) is 0. The third-order valence-electron chi connectivity index (χ3n) is 1.86. The molecule has 76 valence electrons. The predicted molar refractivity (Wildman–Crippen MR) is 52.9 cm³/mol. The van der Waals surface area contributed by atoms with Crippen LogP contribution in [0.1, 0.15) is 17.9 Å². The van der Waals surface area contributed by atoms with Crippen LogP contribution in [-0.2, 0) is 22.4 Å². The topological polar surface area (TPSA) is 39.4 Å². The Morgan fingerprint density at radius 2 is 2.29 bits per heavy atom. The molecular weight excluding hydrogens is 180 g/mol. The van der Waals surface area contributed by atoms with Gasteiger partial charge in [-0.05, 0) is 18.6 Å². The van der Waals surface area contributed by atoms with Gasteiger partial charge in [-0.3, -0.25) is 4.79 Å². The van der Waals surface area contributed by atoms with Crippen molar-refractivity contribution in [2.45, 2.75) is 19.3 Å². The molecule has 14 heavy (non-hydrogen) atoms. The van der Waals surface area contributed by atoms with Crippen LogP contribution in [0.25, 0.3) is 0 Å². The van der Waals surface area contributed by atoms with E-state index in [1.807, 2.05) is 12.1 Å². The summed E-state index contributed by atoms with van der Waals surface area (Å²) in [6, 6.07) is 3.68. The average molecular weight is 194 g/mol. The van der Waals surface area contributed by atoms with Gasteiger partial charge in [-0.2, -0.15) is 0 Å². The van der Waals surface area contributed by atoms with Crippen LogP contribution in [-0.4, -0.2) is 13.1 Å². The minimum Gasteiger partial charge on any atom is -0.469 e. The number of rotatable bonds is 5. The number of esters is 1. The predicted octanol–water partition coefficient (Wildman–Crippen LogP) is 2.11. The normalized spacial score (nSPS) is 9.79. The molecule has 1 aromatic rings. The van der Waals surface area contributed by atoms with E-state index in [2.05, 4.69) is 11.3 Å². The minimum absolute atomic E-state index is 0.199. The van der Waals surface area contributed by atoms with Crippen LogP contribution in [0.5, 0.6) is 0 Å². The molecule has 0 aliphatic rings. The number of aryl methyl sites for hydroxylation is 1. The molecule has 0 N–H and O–H groups in total. The van der Waals surface area contributed by atoms with E-state index in [0.717, 1.165) is 18.6 Å². The highest BCUT2D eigenvalue weighted by molar-refractivity contribution is 5.71. The second-order valence-corrected chi connectivity index (χ2v) is 2.95. The first-order valence-corrected chi connectivity index (χ1v) is 4.51. The lowest BCUT2D eigenvalue weighted by molar-refractivity contribution is -0.140. The molecule has 0 fully saturated rings. The van der Waals surface area contributed by atoms with Gasteiger partial charge in [0.1, 0.15) is 17.9 Å². The number of hydrogen-bond donors (Lipinski definition) is 0. The lowest BCUT2D eigenvalue weighted by atomic mass is 10.2. The van der Waals surface area contributed by atoms with E-state index in [9.17, 15) is 4.79 Å². The van der Waals surface area contributed by atoms with Crippen LogP contribution in [0.2, 0.25) is 0 Å². The Balaban J connectivity index is 2.50. The van der Waals surface area contributed by atoms with Gasteiger partial charge in [0.25, 0.3) is 0 Å². The quantitative estimate of drug-likeness (QED) is 0.532. The van der Waals surface area contributed by atoms with Gasteiger partial charge in [0.15, 0.2) is 0 Å². The van der Waals surface area contributed by atoms with Crippen molar-refractivity contribution in [1.82, 2.24) is 0 Å². The SMILES string of the molecule is C=CCCc1ccc(CC(=O)OC)o1. The summed E-state index contributed by atoms with van der Waals surface area (Å²) in [5.41, 5.74) is 0. The molecule has 1 heterocycles. The van der Waals surface area contributed by atoms with Crippen molar-refractivity contribution < 1.29 is 13.9 Å². The first kappa shape index (κ1) is 10.6. The van der Waals surface area contributed by atoms with E-state index in [-0.39, 0.29) is 12.4 Å². The molecule has 0 radical (unpaired) electrons. The number of carbonyl (C=O) groups excluding carboxylic acids is 1. The molecule has 0 amide bonds. The second kappa shape index (κ2) is 5.27. The maximum atomic E-state index is 10.9. The Morgan fingerprint density at radius 1 is 1.57 bits per heavy atom. The summed E-state index contributed by atoms with van der Waals surface area (Å²) in [4.78, 5) is 10.9. The number of allylic oxidation sites excluding steroid dienone is 1. The molecule has 3 heteroatoms. The molecule has 0 aliphatic carbocycles.